The van der Waals surface area contributed by atoms with Gasteiger partial charge >= 0.3 is 0 Å². The number of halogens is 2. The van der Waals surface area contributed by atoms with Crippen molar-refractivity contribution in [2.75, 3.05) is 0 Å². The Morgan fingerprint density at radius 2 is 0.643 bits per heavy atom. The maximum atomic E-state index is 3.96. The molecule has 0 amide bonds. The van der Waals surface area contributed by atoms with Crippen LogP contribution in [0.3, 0.4) is 0 Å². The summed E-state index contributed by atoms with van der Waals surface area (Å²) in [6.45, 7) is 4.60. The third-order valence-corrected chi connectivity index (χ3v) is 9.37. The van der Waals surface area contributed by atoms with Crippen molar-refractivity contribution in [1.82, 2.24) is 0 Å². The Labute approximate surface area is 266 Å². The van der Waals surface area contributed by atoms with Gasteiger partial charge in [-0.25, -0.2) is 0 Å². The Balaban J connectivity index is 1.79. The first-order valence-corrected chi connectivity index (χ1v) is 16.5. The molecule has 0 saturated carbocycles. The highest BCUT2D eigenvalue weighted by Crippen LogP contribution is 2.48. The molecule has 0 fully saturated rings. The molecule has 0 unspecified atom stereocenters. The van der Waals surface area contributed by atoms with E-state index in [9.17, 15) is 0 Å². The highest BCUT2D eigenvalue weighted by molar-refractivity contribution is 9.08. The van der Waals surface area contributed by atoms with Crippen LogP contribution in [0.25, 0.3) is 55.6 Å². The van der Waals surface area contributed by atoms with Gasteiger partial charge in [0.25, 0.3) is 0 Å². The lowest BCUT2D eigenvalue weighted by atomic mass is 9.78. The molecule has 0 saturated heterocycles. The maximum absolute atomic E-state index is 3.96. The van der Waals surface area contributed by atoms with Crippen LogP contribution in [0, 0.1) is 13.8 Å². The second-order valence-corrected chi connectivity index (χ2v) is 11.8. The van der Waals surface area contributed by atoms with Crippen LogP contribution in [0.2, 0.25) is 0 Å². The van der Waals surface area contributed by atoms with E-state index in [0.29, 0.717) is 0 Å². The number of hydrogen-bond acceptors (Lipinski definition) is 0. The Bertz CT molecular complexity index is 1690. The Kier molecular flexibility index (Phi) is 8.55. The minimum atomic E-state index is 0.750. The second-order valence-electron chi connectivity index (χ2n) is 10.6. The topological polar surface area (TPSA) is 0 Å². The second kappa shape index (κ2) is 12.7. The average Bonchev–Trinajstić information content (AvgIpc) is 3.06. The van der Waals surface area contributed by atoms with E-state index in [0.717, 1.165) is 10.7 Å². The lowest BCUT2D eigenvalue weighted by molar-refractivity contribution is 1.30. The quantitative estimate of drug-likeness (QED) is 0.148. The summed E-state index contributed by atoms with van der Waals surface area (Å²) >= 11 is 7.91. The van der Waals surface area contributed by atoms with Crippen LogP contribution in [0.4, 0.5) is 0 Å². The van der Waals surface area contributed by atoms with Gasteiger partial charge in [-0.3, -0.25) is 0 Å². The Morgan fingerprint density at radius 3 is 0.905 bits per heavy atom. The highest BCUT2D eigenvalue weighted by Gasteiger charge is 2.25. The van der Waals surface area contributed by atoms with Gasteiger partial charge in [-0.1, -0.05) is 153 Å². The third kappa shape index (κ3) is 5.30. The minimum Gasteiger partial charge on any atom is -0.0876 e. The monoisotopic (exact) mass is 670 g/mol. The first-order chi connectivity index (χ1) is 20.6. The van der Waals surface area contributed by atoms with Crippen molar-refractivity contribution >= 4 is 31.9 Å². The molecular formula is C40H32Br2. The Morgan fingerprint density at radius 1 is 0.381 bits per heavy atom. The van der Waals surface area contributed by atoms with Crippen LogP contribution >= 0.6 is 31.9 Å². The molecule has 0 atom stereocenters. The first kappa shape index (κ1) is 28.4. The summed E-state index contributed by atoms with van der Waals surface area (Å²) in [6, 6.07) is 48.0. The van der Waals surface area contributed by atoms with Crippen LogP contribution in [0.1, 0.15) is 22.3 Å². The van der Waals surface area contributed by atoms with Crippen molar-refractivity contribution in [1.29, 1.82) is 0 Å². The van der Waals surface area contributed by atoms with E-state index in [2.05, 4.69) is 179 Å². The van der Waals surface area contributed by atoms with E-state index in [4.69, 9.17) is 0 Å². The normalized spacial score (nSPS) is 11.0. The molecule has 0 N–H and O–H groups in total. The highest BCUT2D eigenvalue weighted by atomic mass is 79.9. The zero-order chi connectivity index (χ0) is 29.1. The van der Waals surface area contributed by atoms with Gasteiger partial charge in [-0.15, -0.1) is 0 Å². The van der Waals surface area contributed by atoms with Gasteiger partial charge in [0.2, 0.25) is 0 Å². The zero-order valence-electron chi connectivity index (χ0n) is 23.9. The van der Waals surface area contributed by atoms with E-state index < -0.39 is 0 Å². The van der Waals surface area contributed by atoms with Crippen molar-refractivity contribution in [2.24, 2.45) is 0 Å². The lowest BCUT2D eigenvalue weighted by Crippen LogP contribution is -2.04. The minimum absolute atomic E-state index is 0.750. The first-order valence-electron chi connectivity index (χ1n) is 14.3. The van der Waals surface area contributed by atoms with Crippen molar-refractivity contribution in [3.05, 3.63) is 156 Å². The number of rotatable bonds is 7. The van der Waals surface area contributed by atoms with Crippen molar-refractivity contribution in [2.45, 2.75) is 24.5 Å². The van der Waals surface area contributed by atoms with Crippen molar-refractivity contribution in [3.8, 4) is 55.6 Å². The predicted molar refractivity (Wildman–Crippen MR) is 188 cm³/mol. The molecule has 0 nitrogen and oxygen atoms in total. The van der Waals surface area contributed by atoms with Crippen LogP contribution in [-0.2, 0) is 10.7 Å². The zero-order valence-corrected chi connectivity index (χ0v) is 27.0. The largest absolute Gasteiger partial charge is 0.0876 e. The average molecular weight is 673 g/mol. The van der Waals surface area contributed by atoms with E-state index in [1.165, 1.54) is 77.9 Å². The molecule has 0 bridgehead atoms. The summed E-state index contributed by atoms with van der Waals surface area (Å²) in [5, 5.41) is 1.50. The van der Waals surface area contributed by atoms with Crippen molar-refractivity contribution in [3.63, 3.8) is 0 Å². The summed E-state index contributed by atoms with van der Waals surface area (Å²) in [4.78, 5) is 0. The fraction of sp³-hybridized carbons (Fsp3) is 0.100. The number of alkyl halides is 2. The van der Waals surface area contributed by atoms with Crippen LogP contribution in [-0.4, -0.2) is 0 Å². The molecule has 0 aliphatic rings. The molecule has 2 heteroatoms. The third-order valence-electron chi connectivity index (χ3n) is 8.25. The lowest BCUT2D eigenvalue weighted by Gasteiger charge is -2.26. The fourth-order valence-electron chi connectivity index (χ4n) is 6.21. The van der Waals surface area contributed by atoms with Crippen LogP contribution < -0.4 is 0 Å². The smallest absolute Gasteiger partial charge is 0.0295 e. The van der Waals surface area contributed by atoms with Crippen LogP contribution in [0.15, 0.2) is 133 Å². The Hall–Kier alpha value is -3.72. The van der Waals surface area contributed by atoms with Gasteiger partial charge in [-0.05, 0) is 104 Å². The van der Waals surface area contributed by atoms with Crippen LogP contribution in [0.5, 0.6) is 0 Å². The summed E-state index contributed by atoms with van der Waals surface area (Å²) in [6.07, 6.45) is 0. The molecule has 0 aliphatic carbocycles. The van der Waals surface area contributed by atoms with Crippen molar-refractivity contribution < 1.29 is 0 Å². The molecule has 6 aromatic carbocycles. The molecule has 6 rings (SSSR count). The molecular weight excluding hydrogens is 640 g/mol. The summed E-state index contributed by atoms with van der Waals surface area (Å²) in [7, 11) is 0. The van der Waals surface area contributed by atoms with Gasteiger partial charge < -0.3 is 0 Å². The maximum Gasteiger partial charge on any atom is 0.0295 e. The van der Waals surface area contributed by atoms with E-state index >= 15 is 0 Å². The molecule has 0 radical (unpaired) electrons. The van der Waals surface area contributed by atoms with Gasteiger partial charge in [-0.2, -0.15) is 0 Å². The standard InChI is InChI=1S/C40H32Br2/c1-27-33(29-15-7-3-8-16-29)23-35(31-19-11-5-12-20-31)37(25-41)39(27)40-28(2)34(30-17-9-4-10-18-30)24-36(38(40)26-42)32-21-13-6-14-22-32/h3-24H,25-26H2,1-2H3. The predicted octanol–water partition coefficient (Wildman–Crippen LogP) is 12.4. The van der Waals surface area contributed by atoms with Gasteiger partial charge in [0.1, 0.15) is 0 Å². The van der Waals surface area contributed by atoms with E-state index in [1.807, 2.05) is 0 Å². The van der Waals surface area contributed by atoms with E-state index in [-0.39, 0.29) is 0 Å². The van der Waals surface area contributed by atoms with Gasteiger partial charge in [0.15, 0.2) is 0 Å². The molecule has 0 spiro atoms. The fourth-order valence-corrected chi connectivity index (χ4v) is 7.38. The number of hydrogen-bond donors (Lipinski definition) is 0. The summed E-state index contributed by atoms with van der Waals surface area (Å²) in [5.74, 6) is 0. The van der Waals surface area contributed by atoms with E-state index in [1.54, 1.807) is 0 Å². The molecule has 0 aromatic heterocycles. The molecule has 6 aromatic rings. The summed E-state index contributed by atoms with van der Waals surface area (Å²) in [5.41, 5.74) is 17.8. The molecule has 42 heavy (non-hydrogen) atoms. The molecule has 206 valence electrons. The number of benzene rings is 6. The van der Waals surface area contributed by atoms with Gasteiger partial charge in [0, 0.05) is 10.7 Å². The molecule has 0 aliphatic heterocycles. The van der Waals surface area contributed by atoms with Gasteiger partial charge in [0.05, 0.1) is 0 Å². The SMILES string of the molecule is Cc1c(-c2ccccc2)cc(-c2ccccc2)c(CBr)c1-c1c(C)c(-c2ccccc2)cc(-c2ccccc2)c1CBr. The molecule has 0 heterocycles. The summed E-state index contributed by atoms with van der Waals surface area (Å²) < 4.78 is 0.